The Morgan fingerprint density at radius 2 is 2.06 bits per heavy atom. The molecule has 0 aromatic rings. The second kappa shape index (κ2) is 5.86. The van der Waals surface area contributed by atoms with Crippen LogP contribution in [-0.2, 0) is 14.8 Å². The van der Waals surface area contributed by atoms with Gasteiger partial charge in [-0.25, -0.2) is 8.42 Å². The lowest BCUT2D eigenvalue weighted by atomic mass is 10.1. The van der Waals surface area contributed by atoms with Crippen LogP contribution >= 0.6 is 0 Å². The van der Waals surface area contributed by atoms with Crippen molar-refractivity contribution in [3.05, 3.63) is 0 Å². The monoisotopic (exact) mass is 278 g/mol. The zero-order valence-electron chi connectivity index (χ0n) is 11.8. The summed E-state index contributed by atoms with van der Waals surface area (Å²) in [6.07, 6.45) is 0.482. The molecule has 1 rings (SSSR count). The van der Waals surface area contributed by atoms with Gasteiger partial charge in [-0.1, -0.05) is 13.8 Å². The minimum Gasteiger partial charge on any atom is -0.368 e. The number of morpholine rings is 1. The van der Waals surface area contributed by atoms with Crippen LogP contribution in [0.3, 0.4) is 0 Å². The minimum atomic E-state index is -3.19. The third-order valence-electron chi connectivity index (χ3n) is 3.06. The summed E-state index contributed by atoms with van der Waals surface area (Å²) in [5.74, 6) is 0.594. The Labute approximate surface area is 111 Å². The molecule has 0 saturated carbocycles. The van der Waals surface area contributed by atoms with Gasteiger partial charge in [0.05, 0.1) is 17.5 Å². The van der Waals surface area contributed by atoms with Gasteiger partial charge in [0.1, 0.15) is 0 Å². The Morgan fingerprint density at radius 3 is 2.56 bits per heavy atom. The summed E-state index contributed by atoms with van der Waals surface area (Å²) in [6, 6.07) is 0. The van der Waals surface area contributed by atoms with E-state index in [1.165, 1.54) is 4.31 Å². The maximum atomic E-state index is 12.3. The molecule has 1 unspecified atom stereocenters. The molecule has 108 valence electrons. The van der Waals surface area contributed by atoms with Crippen LogP contribution in [0.1, 0.15) is 34.1 Å². The normalized spacial score (nSPS) is 25.6. The smallest absolute Gasteiger partial charge is 0.214 e. The van der Waals surface area contributed by atoms with E-state index in [2.05, 4.69) is 0 Å². The van der Waals surface area contributed by atoms with E-state index >= 15 is 0 Å². The summed E-state index contributed by atoms with van der Waals surface area (Å²) in [5.41, 5.74) is 5.14. The van der Waals surface area contributed by atoms with Gasteiger partial charge in [-0.3, -0.25) is 0 Å². The Balaban J connectivity index is 2.74. The number of rotatable bonds is 5. The van der Waals surface area contributed by atoms with Crippen molar-refractivity contribution in [3.63, 3.8) is 0 Å². The van der Waals surface area contributed by atoms with E-state index in [0.717, 1.165) is 0 Å². The zero-order chi connectivity index (χ0) is 14.0. The second-order valence-electron chi connectivity index (χ2n) is 6.03. The van der Waals surface area contributed by atoms with Gasteiger partial charge in [-0.15, -0.1) is 0 Å². The van der Waals surface area contributed by atoms with Crippen LogP contribution in [0.15, 0.2) is 0 Å². The average molecular weight is 278 g/mol. The van der Waals surface area contributed by atoms with E-state index in [4.69, 9.17) is 10.5 Å². The van der Waals surface area contributed by atoms with Crippen LogP contribution in [0.25, 0.3) is 0 Å². The van der Waals surface area contributed by atoms with Crippen LogP contribution < -0.4 is 5.73 Å². The molecule has 18 heavy (non-hydrogen) atoms. The van der Waals surface area contributed by atoms with Gasteiger partial charge in [0, 0.05) is 19.6 Å². The Kier molecular flexibility index (Phi) is 5.17. The highest BCUT2D eigenvalue weighted by Crippen LogP contribution is 2.23. The number of nitrogens with two attached hydrogens (primary N) is 1. The summed E-state index contributed by atoms with van der Waals surface area (Å²) < 4.78 is 31.8. The molecule has 1 saturated heterocycles. The summed E-state index contributed by atoms with van der Waals surface area (Å²) >= 11 is 0. The van der Waals surface area contributed by atoms with Gasteiger partial charge in [-0.2, -0.15) is 4.31 Å². The van der Waals surface area contributed by atoms with E-state index < -0.39 is 15.6 Å². The van der Waals surface area contributed by atoms with Crippen molar-refractivity contribution >= 4 is 10.0 Å². The first-order valence-electron chi connectivity index (χ1n) is 6.52. The topological polar surface area (TPSA) is 72.6 Å². The molecule has 1 fully saturated rings. The molecule has 6 heteroatoms. The van der Waals surface area contributed by atoms with Crippen molar-refractivity contribution in [3.8, 4) is 0 Å². The maximum Gasteiger partial charge on any atom is 0.214 e. The lowest BCUT2D eigenvalue weighted by molar-refractivity contribution is -0.112. The lowest BCUT2D eigenvalue weighted by Crippen LogP contribution is -2.56. The highest BCUT2D eigenvalue weighted by atomic mass is 32.2. The van der Waals surface area contributed by atoms with Gasteiger partial charge in [0.2, 0.25) is 10.0 Å². The van der Waals surface area contributed by atoms with Crippen molar-refractivity contribution in [1.29, 1.82) is 0 Å². The Morgan fingerprint density at radius 1 is 1.44 bits per heavy atom. The van der Waals surface area contributed by atoms with Gasteiger partial charge < -0.3 is 10.5 Å². The molecule has 0 radical (unpaired) electrons. The van der Waals surface area contributed by atoms with Gasteiger partial charge >= 0.3 is 0 Å². The van der Waals surface area contributed by atoms with E-state index in [1.807, 2.05) is 27.7 Å². The fraction of sp³-hybridized carbons (Fsp3) is 1.00. The molecule has 1 atom stereocenters. The third-order valence-corrected chi connectivity index (χ3v) is 4.88. The molecule has 0 aromatic carbocycles. The number of hydrogen-bond donors (Lipinski definition) is 1. The molecule has 0 aromatic heterocycles. The largest absolute Gasteiger partial charge is 0.368 e. The first-order chi connectivity index (χ1) is 8.16. The number of nitrogens with zero attached hydrogens (tertiary/aromatic N) is 1. The molecule has 0 spiro atoms. The van der Waals surface area contributed by atoms with Crippen LogP contribution in [0.5, 0.6) is 0 Å². The minimum absolute atomic E-state index is 0.206. The van der Waals surface area contributed by atoms with Crippen molar-refractivity contribution in [1.82, 2.24) is 4.31 Å². The summed E-state index contributed by atoms with van der Waals surface area (Å²) in [5, 5.41) is 0. The molecule has 5 nitrogen and oxygen atoms in total. The zero-order valence-corrected chi connectivity index (χ0v) is 12.7. The molecule has 1 aliphatic rings. The lowest BCUT2D eigenvalue weighted by Gasteiger charge is -2.41. The standard InChI is InChI=1S/C12H26N2O3S/c1-10(2)5-6-18(15,16)14-8-11(7-13)17-12(3,4)9-14/h10-11H,5-9,13H2,1-4H3. The summed E-state index contributed by atoms with van der Waals surface area (Å²) in [7, 11) is -3.19. The first kappa shape index (κ1) is 15.9. The first-order valence-corrected chi connectivity index (χ1v) is 8.13. The van der Waals surface area contributed by atoms with Gasteiger partial charge in [0.15, 0.2) is 0 Å². The Bertz CT molecular complexity index is 366. The van der Waals surface area contributed by atoms with E-state index in [1.54, 1.807) is 0 Å². The number of sulfonamides is 1. The van der Waals surface area contributed by atoms with Crippen LogP contribution in [0.4, 0.5) is 0 Å². The molecule has 2 N–H and O–H groups in total. The highest BCUT2D eigenvalue weighted by molar-refractivity contribution is 7.89. The molecule has 0 amide bonds. The maximum absolute atomic E-state index is 12.3. The fourth-order valence-corrected chi connectivity index (χ4v) is 4.02. The Hall–Kier alpha value is -0.170. The van der Waals surface area contributed by atoms with E-state index in [-0.39, 0.29) is 11.9 Å². The predicted molar refractivity (Wildman–Crippen MR) is 72.8 cm³/mol. The van der Waals surface area contributed by atoms with Crippen LogP contribution in [0, 0.1) is 5.92 Å². The third kappa shape index (κ3) is 4.50. The highest BCUT2D eigenvalue weighted by Gasteiger charge is 2.37. The van der Waals surface area contributed by atoms with Crippen molar-refractivity contribution in [2.45, 2.75) is 45.8 Å². The molecule has 0 bridgehead atoms. The fourth-order valence-electron chi connectivity index (χ4n) is 2.09. The number of hydrogen-bond acceptors (Lipinski definition) is 4. The molecule has 1 heterocycles. The SMILES string of the molecule is CC(C)CCS(=O)(=O)N1CC(CN)OC(C)(C)C1. The van der Waals surface area contributed by atoms with E-state index in [0.29, 0.717) is 32.0 Å². The quantitative estimate of drug-likeness (QED) is 0.807. The molecule has 1 aliphatic heterocycles. The van der Waals surface area contributed by atoms with Crippen molar-refractivity contribution in [2.24, 2.45) is 11.7 Å². The molecular weight excluding hydrogens is 252 g/mol. The van der Waals surface area contributed by atoms with Crippen molar-refractivity contribution in [2.75, 3.05) is 25.4 Å². The molecular formula is C12H26N2O3S. The van der Waals surface area contributed by atoms with E-state index in [9.17, 15) is 8.42 Å². The van der Waals surface area contributed by atoms with Crippen LogP contribution in [0.2, 0.25) is 0 Å². The number of ether oxygens (including phenoxy) is 1. The average Bonchev–Trinajstić information content (AvgIpc) is 2.24. The van der Waals surface area contributed by atoms with Crippen molar-refractivity contribution < 1.29 is 13.2 Å². The molecule has 0 aliphatic carbocycles. The second-order valence-corrected chi connectivity index (χ2v) is 8.11. The predicted octanol–water partition coefficient (Wildman–Crippen LogP) is 0.800. The van der Waals surface area contributed by atoms with Crippen LogP contribution in [-0.4, -0.2) is 49.8 Å². The summed E-state index contributed by atoms with van der Waals surface area (Å²) in [6.45, 7) is 8.99. The van der Waals surface area contributed by atoms with Gasteiger partial charge in [-0.05, 0) is 26.2 Å². The van der Waals surface area contributed by atoms with Gasteiger partial charge in [0.25, 0.3) is 0 Å². The summed E-state index contributed by atoms with van der Waals surface area (Å²) in [4.78, 5) is 0.